The highest BCUT2D eigenvalue weighted by molar-refractivity contribution is 6.03. The van der Waals surface area contributed by atoms with Crippen LogP contribution in [0.2, 0.25) is 0 Å². The minimum Gasteiger partial charge on any atom is -0.507 e. The van der Waals surface area contributed by atoms with Gasteiger partial charge in [0.25, 0.3) is 0 Å². The summed E-state index contributed by atoms with van der Waals surface area (Å²) in [5.41, 5.74) is 4.03. The number of hydrogen-bond donors (Lipinski definition) is 1. The predicted octanol–water partition coefficient (Wildman–Crippen LogP) is 10.4. The van der Waals surface area contributed by atoms with Crippen LogP contribution in [0.3, 0.4) is 0 Å². The summed E-state index contributed by atoms with van der Waals surface area (Å²) >= 11 is 0. The van der Waals surface area contributed by atoms with Gasteiger partial charge in [-0.2, -0.15) is 0 Å². The molecule has 4 rings (SSSR count). The number of aromatic hydroxyl groups is 1. The number of benzene rings is 3. The van der Waals surface area contributed by atoms with Crippen LogP contribution >= 0.6 is 0 Å². The molecule has 0 saturated heterocycles. The summed E-state index contributed by atoms with van der Waals surface area (Å²) in [6.07, 6.45) is 20.8. The highest BCUT2D eigenvalue weighted by Crippen LogP contribution is 2.28. The average molecular weight is 526 g/mol. The number of fused-ring (bicyclic) bond motifs is 2. The van der Waals surface area contributed by atoms with Gasteiger partial charge in [0.1, 0.15) is 5.75 Å². The minimum absolute atomic E-state index is 0.240. The SMILES string of the molecule is CCCCCCCCCCCCCCCCn1c(/N=C/c2c(O)ccc3cc(C)ccc23)nc2ccccc21. The number of phenols is 1. The summed E-state index contributed by atoms with van der Waals surface area (Å²) in [5.74, 6) is 0.944. The minimum atomic E-state index is 0.240. The van der Waals surface area contributed by atoms with Crippen LogP contribution in [-0.4, -0.2) is 20.9 Å². The number of nitrogens with zero attached hydrogens (tertiary/aromatic N) is 3. The van der Waals surface area contributed by atoms with Gasteiger partial charge in [-0.05, 0) is 42.3 Å². The molecule has 0 aliphatic carbocycles. The van der Waals surface area contributed by atoms with Crippen molar-refractivity contribution in [1.82, 2.24) is 9.55 Å². The van der Waals surface area contributed by atoms with Gasteiger partial charge in [0.05, 0.1) is 11.0 Å². The molecule has 208 valence electrons. The Morgan fingerprint density at radius 1 is 0.769 bits per heavy atom. The van der Waals surface area contributed by atoms with Gasteiger partial charge in [-0.1, -0.05) is 132 Å². The van der Waals surface area contributed by atoms with E-state index in [1.54, 1.807) is 12.3 Å². The third-order valence-electron chi connectivity index (χ3n) is 7.87. The predicted molar refractivity (Wildman–Crippen MR) is 168 cm³/mol. The fourth-order valence-electron chi connectivity index (χ4n) is 5.57. The fourth-order valence-corrected chi connectivity index (χ4v) is 5.57. The van der Waals surface area contributed by atoms with E-state index >= 15 is 0 Å². The monoisotopic (exact) mass is 525 g/mol. The molecule has 0 fully saturated rings. The Labute approximate surface area is 235 Å². The second-order valence-electron chi connectivity index (χ2n) is 11.1. The smallest absolute Gasteiger partial charge is 0.230 e. The van der Waals surface area contributed by atoms with E-state index in [1.165, 1.54) is 89.0 Å². The molecule has 0 atom stereocenters. The molecular formula is C35H47N3O. The summed E-state index contributed by atoms with van der Waals surface area (Å²) < 4.78 is 2.23. The molecular weight excluding hydrogens is 478 g/mol. The molecule has 0 unspecified atom stereocenters. The van der Waals surface area contributed by atoms with Gasteiger partial charge >= 0.3 is 0 Å². The van der Waals surface area contributed by atoms with Crippen LogP contribution < -0.4 is 0 Å². The van der Waals surface area contributed by atoms with Crippen molar-refractivity contribution >= 4 is 34.0 Å². The molecule has 0 bridgehead atoms. The molecule has 4 aromatic rings. The largest absolute Gasteiger partial charge is 0.507 e. The molecule has 1 aromatic heterocycles. The summed E-state index contributed by atoms with van der Waals surface area (Å²) in [6.45, 7) is 5.28. The molecule has 0 aliphatic rings. The van der Waals surface area contributed by atoms with Crippen LogP contribution in [0.4, 0.5) is 5.95 Å². The first-order valence-electron chi connectivity index (χ1n) is 15.4. The standard InChI is InChI=1S/C35H47N3O/c1-3-4-5-6-7-8-9-10-11-12-13-14-15-18-25-38-33-20-17-16-19-32(33)37-35(38)36-27-31-30-23-21-28(2)26-29(30)22-24-34(31)39/h16-17,19-24,26-27,39H,3-15,18,25H2,1-2H3/b36-27+. The Balaban J connectivity index is 1.28. The maximum absolute atomic E-state index is 10.6. The zero-order valence-electron chi connectivity index (χ0n) is 24.2. The molecule has 3 aromatic carbocycles. The topological polar surface area (TPSA) is 50.4 Å². The summed E-state index contributed by atoms with van der Waals surface area (Å²) in [5, 5.41) is 12.7. The highest BCUT2D eigenvalue weighted by atomic mass is 16.3. The molecule has 0 amide bonds. The van der Waals surface area contributed by atoms with Crippen molar-refractivity contribution in [3.05, 3.63) is 65.7 Å². The van der Waals surface area contributed by atoms with Crippen molar-refractivity contribution in [2.45, 2.75) is 110 Å². The van der Waals surface area contributed by atoms with E-state index in [0.717, 1.165) is 40.3 Å². The lowest BCUT2D eigenvalue weighted by Crippen LogP contribution is -1.98. The van der Waals surface area contributed by atoms with Gasteiger partial charge in [0, 0.05) is 18.3 Å². The zero-order chi connectivity index (χ0) is 27.3. The molecule has 0 spiro atoms. The van der Waals surface area contributed by atoms with Crippen molar-refractivity contribution in [1.29, 1.82) is 0 Å². The van der Waals surface area contributed by atoms with E-state index in [9.17, 15) is 5.11 Å². The number of rotatable bonds is 17. The van der Waals surface area contributed by atoms with Crippen molar-refractivity contribution in [3.63, 3.8) is 0 Å². The Hall–Kier alpha value is -3.14. The van der Waals surface area contributed by atoms with Crippen LogP contribution in [-0.2, 0) is 6.54 Å². The molecule has 0 aliphatic heterocycles. The van der Waals surface area contributed by atoms with Crippen LogP contribution in [0.1, 0.15) is 108 Å². The number of aliphatic imine (C=N–C) groups is 1. The lowest BCUT2D eigenvalue weighted by molar-refractivity contribution is 0.475. The van der Waals surface area contributed by atoms with Crippen LogP contribution in [0.15, 0.2) is 59.6 Å². The summed E-state index contributed by atoms with van der Waals surface area (Å²) in [6, 6.07) is 18.2. The van der Waals surface area contributed by atoms with Gasteiger partial charge in [-0.3, -0.25) is 0 Å². The van der Waals surface area contributed by atoms with E-state index in [0.29, 0.717) is 5.95 Å². The van der Waals surface area contributed by atoms with Crippen molar-refractivity contribution < 1.29 is 5.11 Å². The van der Waals surface area contributed by atoms with Crippen LogP contribution in [0.5, 0.6) is 5.75 Å². The normalized spacial score (nSPS) is 11.8. The van der Waals surface area contributed by atoms with Gasteiger partial charge in [0.2, 0.25) is 5.95 Å². The molecule has 1 N–H and O–H groups in total. The quantitative estimate of drug-likeness (QED) is 0.110. The number of hydrogen-bond acceptors (Lipinski definition) is 3. The van der Waals surface area contributed by atoms with Gasteiger partial charge in [-0.15, -0.1) is 0 Å². The molecule has 39 heavy (non-hydrogen) atoms. The van der Waals surface area contributed by atoms with Crippen LogP contribution in [0.25, 0.3) is 21.8 Å². The zero-order valence-corrected chi connectivity index (χ0v) is 24.2. The number of aromatic nitrogens is 2. The second kappa shape index (κ2) is 15.5. The van der Waals surface area contributed by atoms with Crippen LogP contribution in [0, 0.1) is 6.92 Å². The average Bonchev–Trinajstić information content (AvgIpc) is 3.30. The van der Waals surface area contributed by atoms with Crippen molar-refractivity contribution in [2.24, 2.45) is 4.99 Å². The number of unbranched alkanes of at least 4 members (excludes halogenated alkanes) is 13. The Morgan fingerprint density at radius 2 is 1.41 bits per heavy atom. The Morgan fingerprint density at radius 3 is 2.10 bits per heavy atom. The van der Waals surface area contributed by atoms with E-state index in [-0.39, 0.29) is 5.75 Å². The number of aryl methyl sites for hydroxylation is 2. The van der Waals surface area contributed by atoms with E-state index in [1.807, 2.05) is 18.2 Å². The first kappa shape index (κ1) is 28.9. The van der Waals surface area contributed by atoms with Crippen molar-refractivity contribution in [2.75, 3.05) is 0 Å². The first-order valence-corrected chi connectivity index (χ1v) is 15.4. The highest BCUT2D eigenvalue weighted by Gasteiger charge is 2.11. The summed E-state index contributed by atoms with van der Waals surface area (Å²) in [4.78, 5) is 9.62. The lowest BCUT2D eigenvalue weighted by Gasteiger charge is -2.08. The number of para-hydroxylation sites is 2. The molecule has 4 heteroatoms. The molecule has 4 nitrogen and oxygen atoms in total. The third-order valence-corrected chi connectivity index (χ3v) is 7.87. The third kappa shape index (κ3) is 8.42. The second-order valence-corrected chi connectivity index (χ2v) is 11.1. The molecule has 1 heterocycles. The van der Waals surface area contributed by atoms with E-state index in [2.05, 4.69) is 48.7 Å². The number of phenolic OH excluding ortho intramolecular Hbond substituents is 1. The van der Waals surface area contributed by atoms with Crippen molar-refractivity contribution in [3.8, 4) is 5.75 Å². The Kier molecular flexibility index (Phi) is 11.4. The van der Waals surface area contributed by atoms with Gasteiger partial charge in [0.15, 0.2) is 0 Å². The Bertz CT molecular complexity index is 1340. The maximum Gasteiger partial charge on any atom is 0.230 e. The lowest BCUT2D eigenvalue weighted by atomic mass is 10.0. The van der Waals surface area contributed by atoms with Gasteiger partial charge in [-0.25, -0.2) is 9.98 Å². The summed E-state index contributed by atoms with van der Waals surface area (Å²) in [7, 11) is 0. The maximum atomic E-state index is 10.6. The fraction of sp³-hybridized carbons (Fsp3) is 0.486. The molecule has 0 saturated carbocycles. The van der Waals surface area contributed by atoms with E-state index < -0.39 is 0 Å². The van der Waals surface area contributed by atoms with Gasteiger partial charge < -0.3 is 9.67 Å². The molecule has 0 radical (unpaired) electrons. The van der Waals surface area contributed by atoms with E-state index in [4.69, 9.17) is 9.98 Å². The number of imidazole rings is 1. The first-order chi connectivity index (χ1) is 19.2.